The van der Waals surface area contributed by atoms with Crippen LogP contribution in [-0.2, 0) is 0 Å². The van der Waals surface area contributed by atoms with Crippen LogP contribution in [0.5, 0.6) is 0 Å². The number of rotatable bonds is 2. The Morgan fingerprint density at radius 3 is 2.79 bits per heavy atom. The van der Waals surface area contributed by atoms with Gasteiger partial charge in [0.1, 0.15) is 0 Å². The highest BCUT2D eigenvalue weighted by Crippen LogP contribution is 2.24. The number of thiophene rings is 1. The topological polar surface area (TPSA) is 51.8 Å². The zero-order valence-electron chi connectivity index (χ0n) is 7.84. The molecule has 0 saturated carbocycles. The standard InChI is InChI=1S/C10H11N3S/c1-7-2-3-9(14-7)10(11)8-6-12-4-5-13-8/h2-6,10H,11H2,1H3. The van der Waals surface area contributed by atoms with E-state index in [1.165, 1.54) is 4.88 Å². The van der Waals surface area contributed by atoms with E-state index in [0.29, 0.717) is 0 Å². The van der Waals surface area contributed by atoms with Crippen molar-refractivity contribution in [2.75, 3.05) is 0 Å². The molecule has 0 bridgehead atoms. The van der Waals surface area contributed by atoms with Crippen molar-refractivity contribution in [3.05, 3.63) is 46.2 Å². The van der Waals surface area contributed by atoms with E-state index in [0.717, 1.165) is 10.6 Å². The lowest BCUT2D eigenvalue weighted by Gasteiger charge is -2.07. The molecule has 0 fully saturated rings. The van der Waals surface area contributed by atoms with Crippen LogP contribution in [0, 0.1) is 6.92 Å². The quantitative estimate of drug-likeness (QED) is 0.814. The van der Waals surface area contributed by atoms with E-state index < -0.39 is 0 Å². The predicted molar refractivity (Wildman–Crippen MR) is 57.1 cm³/mol. The molecule has 2 aromatic heterocycles. The van der Waals surface area contributed by atoms with Gasteiger partial charge in [-0.3, -0.25) is 9.97 Å². The van der Waals surface area contributed by atoms with Crippen molar-refractivity contribution >= 4 is 11.3 Å². The molecule has 0 spiro atoms. The molecule has 2 N–H and O–H groups in total. The predicted octanol–water partition coefficient (Wildman–Crippen LogP) is 1.89. The largest absolute Gasteiger partial charge is 0.318 e. The molecule has 2 aromatic rings. The van der Waals surface area contributed by atoms with Gasteiger partial charge in [0.25, 0.3) is 0 Å². The van der Waals surface area contributed by atoms with Gasteiger partial charge in [-0.05, 0) is 19.1 Å². The Bertz CT molecular complexity index is 410. The molecule has 4 heteroatoms. The molecule has 1 unspecified atom stereocenters. The van der Waals surface area contributed by atoms with Crippen molar-refractivity contribution in [2.24, 2.45) is 5.73 Å². The lowest BCUT2D eigenvalue weighted by atomic mass is 10.2. The van der Waals surface area contributed by atoms with Gasteiger partial charge in [-0.1, -0.05) is 0 Å². The fourth-order valence-corrected chi connectivity index (χ4v) is 2.13. The maximum atomic E-state index is 6.04. The monoisotopic (exact) mass is 205 g/mol. The molecular weight excluding hydrogens is 194 g/mol. The van der Waals surface area contributed by atoms with Gasteiger partial charge < -0.3 is 5.73 Å². The summed E-state index contributed by atoms with van der Waals surface area (Å²) in [4.78, 5) is 10.6. The summed E-state index contributed by atoms with van der Waals surface area (Å²) in [7, 11) is 0. The van der Waals surface area contributed by atoms with Crippen molar-refractivity contribution in [3.63, 3.8) is 0 Å². The lowest BCUT2D eigenvalue weighted by molar-refractivity contribution is 0.834. The number of nitrogens with zero attached hydrogens (tertiary/aromatic N) is 2. The number of aromatic nitrogens is 2. The molecular formula is C10H11N3S. The van der Waals surface area contributed by atoms with Crippen LogP contribution in [0.1, 0.15) is 21.5 Å². The van der Waals surface area contributed by atoms with Crippen LogP contribution in [-0.4, -0.2) is 9.97 Å². The van der Waals surface area contributed by atoms with E-state index in [2.05, 4.69) is 23.0 Å². The molecule has 0 aromatic carbocycles. The summed E-state index contributed by atoms with van der Waals surface area (Å²) in [5.41, 5.74) is 6.85. The second-order valence-corrected chi connectivity index (χ2v) is 4.38. The van der Waals surface area contributed by atoms with E-state index in [9.17, 15) is 0 Å². The van der Waals surface area contributed by atoms with Gasteiger partial charge in [0.2, 0.25) is 0 Å². The third-order valence-corrected chi connectivity index (χ3v) is 3.05. The second kappa shape index (κ2) is 3.86. The van der Waals surface area contributed by atoms with Gasteiger partial charge in [-0.15, -0.1) is 11.3 Å². The number of nitrogens with two attached hydrogens (primary N) is 1. The van der Waals surface area contributed by atoms with Gasteiger partial charge >= 0.3 is 0 Å². The van der Waals surface area contributed by atoms with E-state index >= 15 is 0 Å². The number of hydrogen-bond donors (Lipinski definition) is 1. The van der Waals surface area contributed by atoms with E-state index in [4.69, 9.17) is 5.73 Å². The SMILES string of the molecule is Cc1ccc(C(N)c2cnccn2)s1. The first-order valence-corrected chi connectivity index (χ1v) is 5.17. The minimum atomic E-state index is -0.151. The maximum absolute atomic E-state index is 6.04. The van der Waals surface area contributed by atoms with Crippen molar-refractivity contribution in [1.82, 2.24) is 9.97 Å². The number of aryl methyl sites for hydroxylation is 1. The zero-order valence-corrected chi connectivity index (χ0v) is 8.66. The van der Waals surface area contributed by atoms with Gasteiger partial charge in [0.05, 0.1) is 17.9 Å². The average Bonchev–Trinajstić information content (AvgIpc) is 2.65. The van der Waals surface area contributed by atoms with Crippen LogP contribution >= 0.6 is 11.3 Å². The van der Waals surface area contributed by atoms with Crippen molar-refractivity contribution in [2.45, 2.75) is 13.0 Å². The van der Waals surface area contributed by atoms with Gasteiger partial charge in [-0.2, -0.15) is 0 Å². The minimum Gasteiger partial charge on any atom is -0.318 e. The first kappa shape index (κ1) is 9.30. The third-order valence-electron chi connectivity index (χ3n) is 1.97. The first-order valence-electron chi connectivity index (χ1n) is 4.35. The Kier molecular flexibility index (Phi) is 2.56. The van der Waals surface area contributed by atoms with Crippen LogP contribution < -0.4 is 5.73 Å². The Morgan fingerprint density at radius 1 is 1.36 bits per heavy atom. The van der Waals surface area contributed by atoms with Crippen molar-refractivity contribution in [1.29, 1.82) is 0 Å². The molecule has 0 saturated heterocycles. The van der Waals surface area contributed by atoms with Crippen LogP contribution in [0.15, 0.2) is 30.7 Å². The Labute approximate surface area is 86.6 Å². The molecule has 0 aliphatic rings. The fraction of sp³-hybridized carbons (Fsp3) is 0.200. The molecule has 2 rings (SSSR count). The summed E-state index contributed by atoms with van der Waals surface area (Å²) in [6.45, 7) is 2.07. The first-order chi connectivity index (χ1) is 6.77. The summed E-state index contributed by atoms with van der Waals surface area (Å²) in [6, 6.07) is 3.96. The fourth-order valence-electron chi connectivity index (χ4n) is 1.24. The molecule has 0 amide bonds. The molecule has 0 aliphatic carbocycles. The second-order valence-electron chi connectivity index (χ2n) is 3.06. The van der Waals surface area contributed by atoms with E-state index in [1.807, 2.05) is 6.07 Å². The smallest absolute Gasteiger partial charge is 0.0835 e. The van der Waals surface area contributed by atoms with Crippen molar-refractivity contribution < 1.29 is 0 Å². The molecule has 3 nitrogen and oxygen atoms in total. The van der Waals surface area contributed by atoms with Crippen LogP contribution in [0.3, 0.4) is 0 Å². The average molecular weight is 205 g/mol. The van der Waals surface area contributed by atoms with Crippen LogP contribution in [0.25, 0.3) is 0 Å². The van der Waals surface area contributed by atoms with Gasteiger partial charge in [0, 0.05) is 22.1 Å². The van der Waals surface area contributed by atoms with Crippen LogP contribution in [0.4, 0.5) is 0 Å². The molecule has 72 valence electrons. The molecule has 2 heterocycles. The lowest BCUT2D eigenvalue weighted by Crippen LogP contribution is -2.11. The Balaban J connectivity index is 2.29. The van der Waals surface area contributed by atoms with Crippen LogP contribution in [0.2, 0.25) is 0 Å². The maximum Gasteiger partial charge on any atom is 0.0835 e. The summed E-state index contributed by atoms with van der Waals surface area (Å²) in [6.07, 6.45) is 5.02. The number of hydrogen-bond acceptors (Lipinski definition) is 4. The highest BCUT2D eigenvalue weighted by atomic mass is 32.1. The molecule has 14 heavy (non-hydrogen) atoms. The minimum absolute atomic E-state index is 0.151. The zero-order chi connectivity index (χ0) is 9.97. The molecule has 1 atom stereocenters. The Morgan fingerprint density at radius 2 is 2.21 bits per heavy atom. The van der Waals surface area contributed by atoms with Gasteiger partial charge in [0.15, 0.2) is 0 Å². The molecule has 0 radical (unpaired) electrons. The van der Waals surface area contributed by atoms with E-state index in [1.54, 1.807) is 29.9 Å². The highest BCUT2D eigenvalue weighted by Gasteiger charge is 2.11. The summed E-state index contributed by atoms with van der Waals surface area (Å²) in [5.74, 6) is 0. The summed E-state index contributed by atoms with van der Waals surface area (Å²) in [5, 5.41) is 0. The Hall–Kier alpha value is -1.26. The third kappa shape index (κ3) is 1.81. The highest BCUT2D eigenvalue weighted by molar-refractivity contribution is 7.12. The normalized spacial score (nSPS) is 12.7. The molecule has 0 aliphatic heterocycles. The summed E-state index contributed by atoms with van der Waals surface area (Å²) < 4.78 is 0. The summed E-state index contributed by atoms with van der Waals surface area (Å²) >= 11 is 1.70. The van der Waals surface area contributed by atoms with Gasteiger partial charge in [-0.25, -0.2) is 0 Å². The van der Waals surface area contributed by atoms with E-state index in [-0.39, 0.29) is 6.04 Å². The van der Waals surface area contributed by atoms with Crippen molar-refractivity contribution in [3.8, 4) is 0 Å².